The molecule has 3 aromatic carbocycles. The van der Waals surface area contributed by atoms with E-state index in [0.29, 0.717) is 38.0 Å². The summed E-state index contributed by atoms with van der Waals surface area (Å²) in [6.07, 6.45) is 1.64. The molecule has 3 N–H and O–H groups in total. The average Bonchev–Trinajstić information content (AvgIpc) is 3.47. The first-order valence-electron chi connectivity index (χ1n) is 16.6. The van der Waals surface area contributed by atoms with Gasteiger partial charge in [0, 0.05) is 31.3 Å². The zero-order valence-electron chi connectivity index (χ0n) is 28.6. The van der Waals surface area contributed by atoms with Crippen LogP contribution in [0.1, 0.15) is 55.5 Å². The van der Waals surface area contributed by atoms with Crippen molar-refractivity contribution in [2.45, 2.75) is 58.8 Å². The molecule has 0 unspecified atom stereocenters. The predicted octanol–water partition coefficient (Wildman–Crippen LogP) is 6.19. The molecule has 1 atom stereocenters. The summed E-state index contributed by atoms with van der Waals surface area (Å²) in [4.78, 5) is 16.7. The van der Waals surface area contributed by atoms with Gasteiger partial charge in [-0.15, -0.1) is 0 Å². The Labute approximate surface area is 283 Å². The Morgan fingerprint density at radius 1 is 0.938 bits per heavy atom. The van der Waals surface area contributed by atoms with Crippen molar-refractivity contribution >= 4 is 5.97 Å². The molecule has 0 radical (unpaired) electrons. The number of esters is 1. The minimum absolute atomic E-state index is 0.0921. The first-order chi connectivity index (χ1) is 23.2. The standard InChI is InChI=1S/C39H47N3O6/c1-26-30(27-12-15-29(16-13-27)46-23-21-40-20-22-43)8-6-9-31(26)32-10-7-11-34-33(32)17-18-35(34)47-36-19-14-28(38(42-36)45-5)24-41-25-37(44)48-39(2,3)4/h6-16,19,35,40-41,43H,17-18,20-25H2,1-5H3/t35-/m0/s1. The predicted molar refractivity (Wildman–Crippen MR) is 188 cm³/mol. The second-order valence-corrected chi connectivity index (χ2v) is 12.9. The summed E-state index contributed by atoms with van der Waals surface area (Å²) in [6.45, 7) is 10.1. The lowest BCUT2D eigenvalue weighted by Crippen LogP contribution is -2.31. The molecular formula is C39H47N3O6. The Kier molecular flexibility index (Phi) is 11.7. The fraction of sp³-hybridized carbons (Fsp3) is 0.385. The lowest BCUT2D eigenvalue weighted by Gasteiger charge is -2.20. The topological polar surface area (TPSA) is 111 Å². The molecule has 0 fully saturated rings. The number of carbonyl (C=O) groups is 1. The Morgan fingerprint density at radius 3 is 2.44 bits per heavy atom. The largest absolute Gasteiger partial charge is 0.492 e. The van der Waals surface area contributed by atoms with Crippen LogP contribution in [0.15, 0.2) is 72.8 Å². The van der Waals surface area contributed by atoms with Crippen LogP contribution in [0.4, 0.5) is 0 Å². The number of aliphatic hydroxyl groups is 1. The number of carbonyl (C=O) groups excluding carboxylic acids is 1. The lowest BCUT2D eigenvalue weighted by molar-refractivity contribution is -0.153. The van der Waals surface area contributed by atoms with Crippen molar-refractivity contribution in [3.8, 4) is 39.8 Å². The third kappa shape index (κ3) is 8.92. The van der Waals surface area contributed by atoms with Crippen molar-refractivity contribution in [3.63, 3.8) is 0 Å². The van der Waals surface area contributed by atoms with E-state index in [9.17, 15) is 4.79 Å². The van der Waals surface area contributed by atoms with Crippen LogP contribution in [-0.2, 0) is 22.5 Å². The molecule has 5 rings (SSSR count). The third-order valence-electron chi connectivity index (χ3n) is 8.22. The van der Waals surface area contributed by atoms with Crippen molar-refractivity contribution in [1.29, 1.82) is 0 Å². The van der Waals surface area contributed by atoms with Gasteiger partial charge in [0.15, 0.2) is 0 Å². The molecule has 0 saturated carbocycles. The van der Waals surface area contributed by atoms with Crippen molar-refractivity contribution in [3.05, 3.63) is 95.1 Å². The maximum atomic E-state index is 12.1. The van der Waals surface area contributed by atoms with E-state index in [1.54, 1.807) is 7.11 Å². The molecule has 0 bridgehead atoms. The smallest absolute Gasteiger partial charge is 0.320 e. The lowest BCUT2D eigenvalue weighted by atomic mass is 9.89. The second kappa shape index (κ2) is 16.1. The molecular weight excluding hydrogens is 606 g/mol. The van der Waals surface area contributed by atoms with Crippen LogP contribution in [0.3, 0.4) is 0 Å². The Balaban J connectivity index is 1.27. The zero-order valence-corrected chi connectivity index (χ0v) is 28.6. The first kappa shape index (κ1) is 34.9. The van der Waals surface area contributed by atoms with Crippen LogP contribution in [0, 0.1) is 6.92 Å². The van der Waals surface area contributed by atoms with E-state index in [2.05, 4.69) is 71.1 Å². The van der Waals surface area contributed by atoms with Crippen LogP contribution >= 0.6 is 0 Å². The molecule has 254 valence electrons. The molecule has 1 aliphatic carbocycles. The monoisotopic (exact) mass is 653 g/mol. The quantitative estimate of drug-likeness (QED) is 0.102. The van der Waals surface area contributed by atoms with Crippen molar-refractivity contribution in [2.75, 3.05) is 40.0 Å². The van der Waals surface area contributed by atoms with Gasteiger partial charge in [0.2, 0.25) is 11.8 Å². The summed E-state index contributed by atoms with van der Waals surface area (Å²) in [7, 11) is 1.58. The number of methoxy groups -OCH3 is 1. The van der Waals surface area contributed by atoms with E-state index in [4.69, 9.17) is 24.1 Å². The fourth-order valence-corrected chi connectivity index (χ4v) is 6.06. The van der Waals surface area contributed by atoms with Crippen molar-refractivity contribution in [2.24, 2.45) is 0 Å². The molecule has 0 saturated heterocycles. The highest BCUT2D eigenvalue weighted by atomic mass is 16.6. The van der Waals surface area contributed by atoms with Crippen molar-refractivity contribution < 1.29 is 28.8 Å². The van der Waals surface area contributed by atoms with E-state index in [1.165, 1.54) is 33.4 Å². The molecule has 0 amide bonds. The number of nitrogens with zero attached hydrogens (tertiary/aromatic N) is 1. The maximum Gasteiger partial charge on any atom is 0.320 e. The van der Waals surface area contributed by atoms with E-state index < -0.39 is 5.60 Å². The minimum atomic E-state index is -0.525. The molecule has 0 spiro atoms. The minimum Gasteiger partial charge on any atom is -0.492 e. The Morgan fingerprint density at radius 2 is 1.69 bits per heavy atom. The summed E-state index contributed by atoms with van der Waals surface area (Å²) in [6, 6.07) is 24.9. The van der Waals surface area contributed by atoms with Gasteiger partial charge in [0.25, 0.3) is 0 Å². The number of fused-ring (bicyclic) bond motifs is 1. The van der Waals surface area contributed by atoms with E-state index in [0.717, 1.165) is 29.7 Å². The molecule has 1 heterocycles. The number of hydrogen-bond acceptors (Lipinski definition) is 9. The van der Waals surface area contributed by atoms with E-state index >= 15 is 0 Å². The Hall–Kier alpha value is -4.44. The number of benzene rings is 3. The second-order valence-electron chi connectivity index (χ2n) is 12.9. The molecule has 9 nitrogen and oxygen atoms in total. The fourth-order valence-electron chi connectivity index (χ4n) is 6.06. The van der Waals surface area contributed by atoms with Gasteiger partial charge in [0.05, 0.1) is 20.3 Å². The van der Waals surface area contributed by atoms with E-state index in [1.807, 2.05) is 45.0 Å². The molecule has 4 aromatic rings. The number of rotatable bonds is 15. The summed E-state index contributed by atoms with van der Waals surface area (Å²) in [5.41, 5.74) is 8.76. The van der Waals surface area contributed by atoms with Gasteiger partial charge in [0.1, 0.15) is 24.1 Å². The summed E-state index contributed by atoms with van der Waals surface area (Å²) < 4.78 is 23.2. The molecule has 0 aliphatic heterocycles. The van der Waals surface area contributed by atoms with Crippen LogP contribution < -0.4 is 24.8 Å². The zero-order chi connectivity index (χ0) is 34.1. The summed E-state index contributed by atoms with van der Waals surface area (Å²) in [5, 5.41) is 15.1. The number of nitrogens with one attached hydrogen (secondary N) is 2. The van der Waals surface area contributed by atoms with E-state index in [-0.39, 0.29) is 25.2 Å². The number of aromatic nitrogens is 1. The first-order valence-corrected chi connectivity index (χ1v) is 16.6. The van der Waals surface area contributed by atoms with Crippen LogP contribution in [-0.4, -0.2) is 61.6 Å². The normalized spacial score (nSPS) is 14.0. The number of hydrogen-bond donors (Lipinski definition) is 3. The summed E-state index contributed by atoms with van der Waals surface area (Å²) in [5.74, 6) is 1.47. The van der Waals surface area contributed by atoms with Gasteiger partial charge in [-0.3, -0.25) is 4.79 Å². The van der Waals surface area contributed by atoms with Crippen LogP contribution in [0.5, 0.6) is 17.5 Å². The molecule has 1 aromatic heterocycles. The number of pyridine rings is 1. The van der Waals surface area contributed by atoms with Crippen LogP contribution in [0.2, 0.25) is 0 Å². The van der Waals surface area contributed by atoms with Crippen molar-refractivity contribution in [1.82, 2.24) is 15.6 Å². The van der Waals surface area contributed by atoms with Gasteiger partial charge >= 0.3 is 5.97 Å². The third-order valence-corrected chi connectivity index (χ3v) is 8.22. The molecule has 9 heteroatoms. The van der Waals surface area contributed by atoms with Gasteiger partial charge in [-0.05, 0) is 97.7 Å². The van der Waals surface area contributed by atoms with Gasteiger partial charge in [-0.1, -0.05) is 48.5 Å². The Bertz CT molecular complexity index is 1680. The highest BCUT2D eigenvalue weighted by Gasteiger charge is 2.28. The number of ether oxygens (including phenoxy) is 4. The molecule has 48 heavy (non-hydrogen) atoms. The highest BCUT2D eigenvalue weighted by Crippen LogP contribution is 2.42. The number of aliphatic hydroxyl groups excluding tert-OH is 1. The van der Waals surface area contributed by atoms with Gasteiger partial charge in [-0.25, -0.2) is 0 Å². The summed E-state index contributed by atoms with van der Waals surface area (Å²) >= 11 is 0. The maximum absolute atomic E-state index is 12.1. The SMILES string of the molecule is COc1nc(O[C@H]2CCc3c(-c4cccc(-c5ccc(OCCNCCO)cc5)c4C)cccc32)ccc1CNCC(=O)OC(C)(C)C. The van der Waals surface area contributed by atoms with Crippen LogP contribution in [0.25, 0.3) is 22.3 Å². The highest BCUT2D eigenvalue weighted by molar-refractivity contribution is 5.80. The molecule has 1 aliphatic rings. The average molecular weight is 654 g/mol. The van der Waals surface area contributed by atoms with Gasteiger partial charge < -0.3 is 34.7 Å². The van der Waals surface area contributed by atoms with Gasteiger partial charge in [-0.2, -0.15) is 4.98 Å².